The zero-order chi connectivity index (χ0) is 18.8. The number of benzene rings is 2. The van der Waals surface area contributed by atoms with Crippen LogP contribution in [0.2, 0.25) is 5.02 Å². The zero-order valence-corrected chi connectivity index (χ0v) is 15.7. The van der Waals surface area contributed by atoms with Crippen LogP contribution in [0.1, 0.15) is 40.7 Å². The first-order chi connectivity index (χ1) is 13.2. The highest BCUT2D eigenvalue weighted by Crippen LogP contribution is 2.38. The Hall–Kier alpha value is -2.85. The van der Waals surface area contributed by atoms with Gasteiger partial charge in [-0.2, -0.15) is 5.10 Å². The highest BCUT2D eigenvalue weighted by Gasteiger charge is 2.31. The van der Waals surface area contributed by atoms with Gasteiger partial charge in [-0.15, -0.1) is 0 Å². The number of carbonyl (C=O) groups excluding carboxylic acids is 1. The van der Waals surface area contributed by atoms with Crippen molar-refractivity contribution in [2.45, 2.75) is 19.8 Å². The van der Waals surface area contributed by atoms with Gasteiger partial charge in [0, 0.05) is 5.56 Å². The molecule has 27 heavy (non-hydrogen) atoms. The highest BCUT2D eigenvalue weighted by molar-refractivity contribution is 6.32. The average molecular weight is 379 g/mol. The van der Waals surface area contributed by atoms with E-state index in [1.54, 1.807) is 11.6 Å². The van der Waals surface area contributed by atoms with E-state index in [2.05, 4.69) is 23.3 Å². The third-order valence-electron chi connectivity index (χ3n) is 4.62. The molecule has 1 aromatic heterocycles. The molecule has 0 bridgehead atoms. The Morgan fingerprint density at radius 1 is 1.15 bits per heavy atom. The molecule has 0 aliphatic heterocycles. The van der Waals surface area contributed by atoms with Gasteiger partial charge in [0.25, 0.3) is 0 Å². The van der Waals surface area contributed by atoms with Crippen molar-refractivity contribution in [2.75, 3.05) is 6.61 Å². The highest BCUT2D eigenvalue weighted by atomic mass is 35.5. The van der Waals surface area contributed by atoms with E-state index in [-0.39, 0.29) is 5.97 Å². The molecular formula is C22H19ClN2O2. The van der Waals surface area contributed by atoms with Gasteiger partial charge in [0.1, 0.15) is 0 Å². The number of fused-ring (bicyclic) bond motifs is 1. The van der Waals surface area contributed by atoms with E-state index in [1.807, 2.05) is 42.5 Å². The van der Waals surface area contributed by atoms with E-state index in [1.165, 1.54) is 0 Å². The van der Waals surface area contributed by atoms with Gasteiger partial charge in [-0.1, -0.05) is 54.1 Å². The number of hydrogen-bond acceptors (Lipinski definition) is 3. The number of para-hydroxylation sites is 1. The molecule has 4 rings (SSSR count). The molecule has 0 saturated carbocycles. The van der Waals surface area contributed by atoms with Gasteiger partial charge in [0.05, 0.1) is 23.0 Å². The van der Waals surface area contributed by atoms with Gasteiger partial charge in [-0.25, -0.2) is 9.48 Å². The molecule has 0 radical (unpaired) electrons. The first-order valence-corrected chi connectivity index (χ1v) is 9.36. The van der Waals surface area contributed by atoms with E-state index >= 15 is 0 Å². The summed E-state index contributed by atoms with van der Waals surface area (Å²) >= 11 is 6.42. The number of allylic oxidation sites excluding steroid dienone is 1. The SMILES string of the molecule is CCOC(=O)c1nn(-c2ccccc2Cl)c2c1CC/C2=C\c1ccccc1. The number of esters is 1. The quantitative estimate of drug-likeness (QED) is 0.587. The Balaban J connectivity index is 1.90. The smallest absolute Gasteiger partial charge is 0.359 e. The first kappa shape index (κ1) is 17.6. The molecule has 0 N–H and O–H groups in total. The van der Waals surface area contributed by atoms with Crippen molar-refractivity contribution in [1.29, 1.82) is 0 Å². The summed E-state index contributed by atoms with van der Waals surface area (Å²) in [5, 5.41) is 5.18. The van der Waals surface area contributed by atoms with Gasteiger partial charge in [-0.3, -0.25) is 0 Å². The van der Waals surface area contributed by atoms with Gasteiger partial charge in [-0.05, 0) is 49.1 Å². The summed E-state index contributed by atoms with van der Waals surface area (Å²) < 4.78 is 7.00. The second kappa shape index (κ2) is 7.41. The molecule has 1 aliphatic rings. The van der Waals surface area contributed by atoms with Crippen LogP contribution in [0.3, 0.4) is 0 Å². The van der Waals surface area contributed by atoms with Crippen molar-refractivity contribution in [3.05, 3.63) is 82.1 Å². The lowest BCUT2D eigenvalue weighted by Gasteiger charge is -2.09. The summed E-state index contributed by atoms with van der Waals surface area (Å²) in [4.78, 5) is 12.4. The van der Waals surface area contributed by atoms with Crippen LogP contribution in [-0.4, -0.2) is 22.4 Å². The Labute approximate surface area is 163 Å². The Morgan fingerprint density at radius 2 is 1.89 bits per heavy atom. The van der Waals surface area contributed by atoms with Crippen LogP contribution in [-0.2, 0) is 11.2 Å². The van der Waals surface area contributed by atoms with Crippen LogP contribution in [0, 0.1) is 0 Å². The molecule has 2 aromatic carbocycles. The number of rotatable bonds is 4. The van der Waals surface area contributed by atoms with Crippen molar-refractivity contribution < 1.29 is 9.53 Å². The fourth-order valence-corrected chi connectivity index (χ4v) is 3.66. The maximum absolute atomic E-state index is 12.4. The minimum absolute atomic E-state index is 0.319. The van der Waals surface area contributed by atoms with Gasteiger partial charge in [0.2, 0.25) is 0 Å². The lowest BCUT2D eigenvalue weighted by atomic mass is 10.1. The lowest BCUT2D eigenvalue weighted by molar-refractivity contribution is 0.0517. The fourth-order valence-electron chi connectivity index (χ4n) is 3.45. The third-order valence-corrected chi connectivity index (χ3v) is 4.94. The third kappa shape index (κ3) is 3.28. The van der Waals surface area contributed by atoms with E-state index in [9.17, 15) is 4.79 Å². The fraction of sp³-hybridized carbons (Fsp3) is 0.182. The van der Waals surface area contributed by atoms with Gasteiger partial charge < -0.3 is 4.74 Å². The Kier molecular flexibility index (Phi) is 4.82. The van der Waals surface area contributed by atoms with E-state index < -0.39 is 0 Å². The minimum Gasteiger partial charge on any atom is -0.461 e. The number of hydrogen-bond donors (Lipinski definition) is 0. The lowest BCUT2D eigenvalue weighted by Crippen LogP contribution is -2.09. The molecule has 0 amide bonds. The average Bonchev–Trinajstić information content (AvgIpc) is 3.25. The van der Waals surface area contributed by atoms with Crippen LogP contribution in [0.25, 0.3) is 17.3 Å². The van der Waals surface area contributed by atoms with Gasteiger partial charge >= 0.3 is 5.97 Å². The number of carbonyl (C=O) groups is 1. The largest absolute Gasteiger partial charge is 0.461 e. The molecule has 0 unspecified atom stereocenters. The topological polar surface area (TPSA) is 44.1 Å². The predicted octanol–water partition coefficient (Wildman–Crippen LogP) is 5.19. The summed E-state index contributed by atoms with van der Waals surface area (Å²) in [5.41, 5.74) is 5.25. The molecule has 136 valence electrons. The van der Waals surface area contributed by atoms with Crippen molar-refractivity contribution >= 4 is 29.2 Å². The molecule has 0 atom stereocenters. The van der Waals surface area contributed by atoms with E-state index in [0.29, 0.717) is 17.3 Å². The molecule has 0 saturated heterocycles. The monoisotopic (exact) mass is 378 g/mol. The number of ether oxygens (including phenoxy) is 1. The summed E-state index contributed by atoms with van der Waals surface area (Å²) in [6, 6.07) is 17.7. The maximum Gasteiger partial charge on any atom is 0.359 e. The summed E-state index contributed by atoms with van der Waals surface area (Å²) in [5.74, 6) is -0.388. The molecule has 1 aliphatic carbocycles. The normalized spacial score (nSPS) is 14.4. The van der Waals surface area contributed by atoms with E-state index in [4.69, 9.17) is 16.3 Å². The predicted molar refractivity (Wildman–Crippen MR) is 107 cm³/mol. The second-order valence-electron chi connectivity index (χ2n) is 6.34. The van der Waals surface area contributed by atoms with Crippen LogP contribution >= 0.6 is 11.6 Å². The maximum atomic E-state index is 12.4. The molecule has 0 fully saturated rings. The molecule has 3 aromatic rings. The second-order valence-corrected chi connectivity index (χ2v) is 6.75. The molecular weight excluding hydrogens is 360 g/mol. The summed E-state index contributed by atoms with van der Waals surface area (Å²) in [7, 11) is 0. The van der Waals surface area contributed by atoms with Crippen LogP contribution in [0.4, 0.5) is 0 Å². The Morgan fingerprint density at radius 3 is 2.63 bits per heavy atom. The zero-order valence-electron chi connectivity index (χ0n) is 15.0. The summed E-state index contributed by atoms with van der Waals surface area (Å²) in [6.45, 7) is 2.11. The van der Waals surface area contributed by atoms with Crippen LogP contribution < -0.4 is 0 Å². The van der Waals surface area contributed by atoms with Crippen molar-refractivity contribution in [2.24, 2.45) is 0 Å². The number of halogens is 1. The van der Waals surface area contributed by atoms with E-state index in [0.717, 1.165) is 40.9 Å². The van der Waals surface area contributed by atoms with Crippen LogP contribution in [0.15, 0.2) is 54.6 Å². The summed E-state index contributed by atoms with van der Waals surface area (Å²) in [6.07, 6.45) is 3.75. The van der Waals surface area contributed by atoms with Crippen LogP contribution in [0.5, 0.6) is 0 Å². The molecule has 5 heteroatoms. The standard InChI is InChI=1S/C22H19ClN2O2/c1-2-27-22(26)20-17-13-12-16(14-15-8-4-3-5-9-15)21(17)25(24-20)19-11-7-6-10-18(19)23/h3-11,14H,2,12-13H2,1H3/b16-14+. The minimum atomic E-state index is -0.388. The molecule has 1 heterocycles. The Bertz CT molecular complexity index is 1020. The number of nitrogens with zero attached hydrogens (tertiary/aromatic N) is 2. The van der Waals surface area contributed by atoms with Crippen molar-refractivity contribution in [3.8, 4) is 5.69 Å². The van der Waals surface area contributed by atoms with Gasteiger partial charge in [0.15, 0.2) is 5.69 Å². The number of aromatic nitrogens is 2. The van der Waals surface area contributed by atoms with Crippen molar-refractivity contribution in [3.63, 3.8) is 0 Å². The molecule has 4 nitrogen and oxygen atoms in total. The molecule has 0 spiro atoms. The first-order valence-electron chi connectivity index (χ1n) is 8.99. The van der Waals surface area contributed by atoms with Crippen molar-refractivity contribution in [1.82, 2.24) is 9.78 Å².